The predicted molar refractivity (Wildman–Crippen MR) is 112 cm³/mol. The molecule has 5 nitrogen and oxygen atoms in total. The van der Waals surface area contributed by atoms with Crippen LogP contribution in [0.25, 0.3) is 0 Å². The molecule has 6 heteroatoms. The number of aliphatic hydroxyl groups is 2. The Hall–Kier alpha value is -1.29. The summed E-state index contributed by atoms with van der Waals surface area (Å²) in [6.45, 7) is 3.75. The van der Waals surface area contributed by atoms with Crippen LogP contribution in [0.3, 0.4) is 0 Å². The maximum atomic E-state index is 10.8. The van der Waals surface area contributed by atoms with Gasteiger partial charge in [0.1, 0.15) is 11.9 Å². The standard InChI is InChI=1S/C24H30O5.Na.H/c1-3-4-7-15(2)19(25)13-12-17-20(26)14-21-23(17)18-10-5-8-16(24(18)29-21)9-6-11-22(27)28;;/h5,8,10,12-13,15,17,19-21,23,25-26H,6-7,9,11,14H2,1-2H3,(H,27,28);;/q;+1;-1/b13-12+;;. The molecule has 2 aliphatic rings. The minimum Gasteiger partial charge on any atom is -1.00 e. The van der Waals surface area contributed by atoms with Gasteiger partial charge in [-0.05, 0) is 31.2 Å². The van der Waals surface area contributed by atoms with Crippen molar-refractivity contribution < 1.29 is 55.8 Å². The zero-order valence-corrected chi connectivity index (χ0v) is 20.0. The first-order valence-corrected chi connectivity index (χ1v) is 10.4. The Balaban J connectivity index is 0.00000240. The van der Waals surface area contributed by atoms with Gasteiger partial charge in [-0.1, -0.05) is 37.3 Å². The second-order valence-corrected chi connectivity index (χ2v) is 8.13. The van der Waals surface area contributed by atoms with Crippen molar-refractivity contribution in [1.29, 1.82) is 0 Å². The molecule has 158 valence electrons. The van der Waals surface area contributed by atoms with Crippen molar-refractivity contribution >= 4 is 5.97 Å². The molecule has 1 aliphatic carbocycles. The number of benzene rings is 1. The van der Waals surface area contributed by atoms with Crippen LogP contribution in [0.15, 0.2) is 30.4 Å². The van der Waals surface area contributed by atoms with Crippen molar-refractivity contribution in [2.45, 2.75) is 70.2 Å². The molecule has 3 rings (SSSR count). The van der Waals surface area contributed by atoms with E-state index in [4.69, 9.17) is 9.84 Å². The van der Waals surface area contributed by atoms with E-state index in [-0.39, 0.29) is 61.3 Å². The molecule has 1 fully saturated rings. The Morgan fingerprint density at radius 1 is 1.43 bits per heavy atom. The van der Waals surface area contributed by atoms with Crippen molar-refractivity contribution in [3.8, 4) is 17.6 Å². The molecule has 6 unspecified atom stereocenters. The first-order chi connectivity index (χ1) is 13.9. The molecule has 6 atom stereocenters. The van der Waals surface area contributed by atoms with Crippen LogP contribution in [0.2, 0.25) is 0 Å². The van der Waals surface area contributed by atoms with E-state index in [9.17, 15) is 15.0 Å². The summed E-state index contributed by atoms with van der Waals surface area (Å²) in [5.74, 6) is 5.87. The molecule has 30 heavy (non-hydrogen) atoms. The number of carboxylic acid groups (broad SMARTS) is 1. The number of fused-ring (bicyclic) bond motifs is 3. The molecule has 0 radical (unpaired) electrons. The van der Waals surface area contributed by atoms with Crippen molar-refractivity contribution in [1.82, 2.24) is 0 Å². The number of hydrogen-bond acceptors (Lipinski definition) is 4. The summed E-state index contributed by atoms with van der Waals surface area (Å²) < 4.78 is 6.21. The van der Waals surface area contributed by atoms with Crippen molar-refractivity contribution in [2.75, 3.05) is 0 Å². The summed E-state index contributed by atoms with van der Waals surface area (Å²) in [6, 6.07) is 6.01. The maximum absolute atomic E-state index is 10.8. The van der Waals surface area contributed by atoms with Crippen molar-refractivity contribution in [2.24, 2.45) is 11.8 Å². The summed E-state index contributed by atoms with van der Waals surface area (Å²) in [7, 11) is 0. The first kappa shape index (κ1) is 25.0. The first-order valence-electron chi connectivity index (χ1n) is 10.4. The molecule has 0 amide bonds. The number of para-hydroxylation sites is 1. The van der Waals surface area contributed by atoms with E-state index in [0.29, 0.717) is 25.7 Å². The fraction of sp³-hybridized carbons (Fsp3) is 0.542. The molecule has 0 saturated heterocycles. The molecule has 0 spiro atoms. The van der Waals surface area contributed by atoms with Crippen molar-refractivity contribution in [3.63, 3.8) is 0 Å². The minimum absolute atomic E-state index is 0. The SMILES string of the molecule is CC#CCC(C)C(O)/C=C/C1C(O)CC2Oc3c(CCCC(=O)O)cccc3C21.[H-].[Na+]. The van der Waals surface area contributed by atoms with Crippen molar-refractivity contribution in [3.05, 3.63) is 41.5 Å². The van der Waals surface area contributed by atoms with Crippen LogP contribution in [0, 0.1) is 23.7 Å². The fourth-order valence-corrected chi connectivity index (χ4v) is 4.41. The number of carbonyl (C=O) groups is 1. The van der Waals surface area contributed by atoms with Gasteiger partial charge in [-0.25, -0.2) is 0 Å². The van der Waals surface area contributed by atoms with Gasteiger partial charge < -0.3 is 21.5 Å². The molecule has 1 aliphatic heterocycles. The average molecular weight is 422 g/mol. The molecule has 1 aromatic carbocycles. The van der Waals surface area contributed by atoms with E-state index >= 15 is 0 Å². The van der Waals surface area contributed by atoms with Gasteiger partial charge in [0.15, 0.2) is 0 Å². The third kappa shape index (κ3) is 5.69. The second-order valence-electron chi connectivity index (χ2n) is 8.13. The van der Waals surface area contributed by atoms with Gasteiger partial charge in [0, 0.05) is 36.7 Å². The van der Waals surface area contributed by atoms with Gasteiger partial charge in [-0.2, -0.15) is 0 Å². The minimum atomic E-state index is -0.790. The largest absolute Gasteiger partial charge is 1.00 e. The third-order valence-electron chi connectivity index (χ3n) is 6.04. The molecule has 3 N–H and O–H groups in total. The van der Waals surface area contributed by atoms with E-state index < -0.39 is 18.2 Å². The molecular formula is C24H31NaO5. The predicted octanol–water partition coefficient (Wildman–Crippen LogP) is 0.402. The van der Waals surface area contributed by atoms with E-state index in [1.54, 1.807) is 13.0 Å². The summed E-state index contributed by atoms with van der Waals surface area (Å²) in [6.07, 6.45) is 5.07. The topological polar surface area (TPSA) is 87.0 Å². The van der Waals surface area contributed by atoms with E-state index in [1.165, 1.54) is 0 Å². The van der Waals surface area contributed by atoms with Gasteiger partial charge in [-0.15, -0.1) is 11.8 Å². The zero-order chi connectivity index (χ0) is 21.0. The summed E-state index contributed by atoms with van der Waals surface area (Å²) >= 11 is 0. The van der Waals surface area contributed by atoms with Crippen LogP contribution >= 0.6 is 0 Å². The summed E-state index contributed by atoms with van der Waals surface area (Å²) in [5, 5.41) is 29.9. The normalized spacial score (nSPS) is 26.0. The Morgan fingerprint density at radius 2 is 2.20 bits per heavy atom. The van der Waals surface area contributed by atoms with Gasteiger partial charge in [-0.3, -0.25) is 4.79 Å². The second kappa shape index (κ2) is 11.4. The number of carboxylic acids is 1. The van der Waals surface area contributed by atoms with E-state index in [1.807, 2.05) is 31.2 Å². The number of ether oxygens (including phenoxy) is 1. The third-order valence-corrected chi connectivity index (χ3v) is 6.04. The van der Waals surface area contributed by atoms with Crippen LogP contribution in [0.5, 0.6) is 5.75 Å². The number of rotatable bonds is 8. The number of aliphatic hydroxyl groups excluding tert-OH is 2. The fourth-order valence-electron chi connectivity index (χ4n) is 4.41. The summed E-state index contributed by atoms with van der Waals surface area (Å²) in [5.41, 5.74) is 2.11. The van der Waals surface area contributed by atoms with Gasteiger partial charge in [0.25, 0.3) is 0 Å². The van der Waals surface area contributed by atoms with E-state index in [0.717, 1.165) is 16.9 Å². The average Bonchev–Trinajstić information content (AvgIpc) is 3.19. The molecule has 0 aromatic heterocycles. The monoisotopic (exact) mass is 422 g/mol. The zero-order valence-electron chi connectivity index (χ0n) is 19.0. The van der Waals surface area contributed by atoms with Crippen LogP contribution in [-0.2, 0) is 11.2 Å². The number of hydrogen-bond donors (Lipinski definition) is 3. The van der Waals surface area contributed by atoms with Crippen LogP contribution < -0.4 is 34.3 Å². The van der Waals surface area contributed by atoms with Crippen LogP contribution in [-0.4, -0.2) is 39.6 Å². The van der Waals surface area contributed by atoms with Gasteiger partial charge in [0.2, 0.25) is 0 Å². The van der Waals surface area contributed by atoms with Gasteiger partial charge >= 0.3 is 35.5 Å². The summed E-state index contributed by atoms with van der Waals surface area (Å²) in [4.78, 5) is 10.8. The smallest absolute Gasteiger partial charge is 1.00 e. The number of aliphatic carboxylic acids is 1. The van der Waals surface area contributed by atoms with E-state index in [2.05, 4.69) is 11.8 Å². The maximum Gasteiger partial charge on any atom is 1.00 e. The Kier molecular flexibility index (Phi) is 9.46. The Morgan fingerprint density at radius 3 is 2.90 bits per heavy atom. The molecule has 0 bridgehead atoms. The van der Waals surface area contributed by atoms with Gasteiger partial charge in [0.05, 0.1) is 12.2 Å². The number of aryl methyl sites for hydroxylation is 1. The Bertz CT molecular complexity index is 831. The van der Waals surface area contributed by atoms with Crippen LogP contribution in [0.4, 0.5) is 0 Å². The quantitative estimate of drug-likeness (QED) is 0.321. The molecule has 1 heterocycles. The molecular weight excluding hydrogens is 391 g/mol. The molecule has 1 aromatic rings. The van der Waals surface area contributed by atoms with Crippen LogP contribution in [0.1, 0.15) is 58.0 Å². The molecule has 1 saturated carbocycles. The Labute approximate surface area is 202 Å².